The van der Waals surface area contributed by atoms with E-state index >= 15 is 0 Å². The monoisotopic (exact) mass is 377 g/mol. The molecule has 26 heavy (non-hydrogen) atoms. The predicted molar refractivity (Wildman–Crippen MR) is 75.1 cm³/mol. The normalized spacial score (nSPS) is 13.4. The summed E-state index contributed by atoms with van der Waals surface area (Å²) in [7, 11) is 0. The molecule has 0 amide bonds. The molecule has 0 aliphatic rings. The molecule has 0 aliphatic heterocycles. The molecule has 0 N–H and O–H groups in total. The molecule has 3 aromatic heterocycles. The molecule has 0 bridgehead atoms. The zero-order valence-electron chi connectivity index (χ0n) is 12.9. The Labute approximate surface area is 141 Å². The van der Waals surface area contributed by atoms with Crippen LogP contribution in [0.2, 0.25) is 0 Å². The van der Waals surface area contributed by atoms with Crippen molar-refractivity contribution in [3.63, 3.8) is 0 Å². The van der Waals surface area contributed by atoms with E-state index in [9.17, 15) is 26.3 Å². The first-order chi connectivity index (χ1) is 12.2. The van der Waals surface area contributed by atoms with Gasteiger partial charge < -0.3 is 4.74 Å². The summed E-state index contributed by atoms with van der Waals surface area (Å²) in [6.45, 7) is 1.04. The lowest BCUT2D eigenvalue weighted by atomic mass is 10.2. The number of halogens is 6. The van der Waals surface area contributed by atoms with E-state index < -0.39 is 36.2 Å². The topological polar surface area (TPSA) is 65.2 Å². The number of hydrogen-bond donors (Lipinski definition) is 0. The average Bonchev–Trinajstić information content (AvgIpc) is 2.99. The predicted octanol–water partition coefficient (Wildman–Crippen LogP) is 3.38. The number of fused-ring (bicyclic) bond motifs is 1. The van der Waals surface area contributed by atoms with E-state index in [2.05, 4.69) is 24.9 Å². The molecule has 12 heteroatoms. The van der Waals surface area contributed by atoms with E-state index in [1.165, 1.54) is 0 Å². The Morgan fingerprint density at radius 1 is 1.12 bits per heavy atom. The van der Waals surface area contributed by atoms with Gasteiger partial charge in [0.15, 0.2) is 17.6 Å². The molecular formula is C14H9F6N5O. The van der Waals surface area contributed by atoms with Crippen molar-refractivity contribution in [2.45, 2.75) is 25.6 Å². The first-order valence-corrected chi connectivity index (χ1v) is 7.05. The maximum Gasteiger partial charge on any atom is 0.452 e. The Morgan fingerprint density at radius 2 is 1.85 bits per heavy atom. The summed E-state index contributed by atoms with van der Waals surface area (Å²) >= 11 is 0. The summed E-state index contributed by atoms with van der Waals surface area (Å²) < 4.78 is 82.9. The highest BCUT2D eigenvalue weighted by molar-refractivity contribution is 5.59. The Morgan fingerprint density at radius 3 is 2.46 bits per heavy atom. The molecule has 3 aromatic rings. The lowest BCUT2D eigenvalue weighted by molar-refractivity contribution is -0.145. The second-order valence-corrected chi connectivity index (χ2v) is 5.19. The third-order valence-electron chi connectivity index (χ3n) is 3.30. The van der Waals surface area contributed by atoms with Crippen LogP contribution in [0, 0.1) is 5.82 Å². The van der Waals surface area contributed by atoms with E-state index in [0.29, 0.717) is 4.40 Å². The van der Waals surface area contributed by atoms with Crippen LogP contribution in [0.4, 0.5) is 26.3 Å². The van der Waals surface area contributed by atoms with Crippen LogP contribution in [0.1, 0.15) is 12.7 Å². The quantitative estimate of drug-likeness (QED) is 0.653. The van der Waals surface area contributed by atoms with Gasteiger partial charge in [0.1, 0.15) is 0 Å². The second kappa shape index (κ2) is 6.42. The van der Waals surface area contributed by atoms with Gasteiger partial charge in [0.05, 0.1) is 11.9 Å². The molecule has 3 heterocycles. The number of alkyl halides is 5. The summed E-state index contributed by atoms with van der Waals surface area (Å²) in [6.07, 6.45) is -6.12. The second-order valence-electron chi connectivity index (χ2n) is 5.19. The SMILES string of the molecule is CC(Oc1ncc(-c2cn3c(C(F)(F)F)nnc3cn2)cc1F)C(F)F. The van der Waals surface area contributed by atoms with Crippen LogP contribution in [-0.2, 0) is 6.18 Å². The maximum atomic E-state index is 14.0. The fraction of sp³-hybridized carbons (Fsp3) is 0.286. The fourth-order valence-corrected chi connectivity index (χ4v) is 2.02. The summed E-state index contributed by atoms with van der Waals surface area (Å²) in [5, 5.41) is 6.40. The van der Waals surface area contributed by atoms with Gasteiger partial charge in [-0.1, -0.05) is 0 Å². The van der Waals surface area contributed by atoms with Crippen molar-refractivity contribution in [3.05, 3.63) is 36.3 Å². The van der Waals surface area contributed by atoms with E-state index in [1.807, 2.05) is 0 Å². The first kappa shape index (κ1) is 17.9. The van der Waals surface area contributed by atoms with Crippen molar-refractivity contribution in [1.82, 2.24) is 24.6 Å². The summed E-state index contributed by atoms with van der Waals surface area (Å²) in [4.78, 5) is 7.46. The van der Waals surface area contributed by atoms with Crippen LogP contribution in [-0.4, -0.2) is 37.1 Å². The zero-order valence-corrected chi connectivity index (χ0v) is 12.9. The lowest BCUT2D eigenvalue weighted by Crippen LogP contribution is -2.22. The molecule has 0 radical (unpaired) electrons. The lowest BCUT2D eigenvalue weighted by Gasteiger charge is -2.13. The highest BCUT2D eigenvalue weighted by Crippen LogP contribution is 2.29. The van der Waals surface area contributed by atoms with Gasteiger partial charge in [-0.3, -0.25) is 9.38 Å². The minimum atomic E-state index is -4.75. The van der Waals surface area contributed by atoms with Gasteiger partial charge in [-0.15, -0.1) is 10.2 Å². The molecule has 138 valence electrons. The third-order valence-corrected chi connectivity index (χ3v) is 3.30. The van der Waals surface area contributed by atoms with Gasteiger partial charge in [-0.25, -0.2) is 18.2 Å². The van der Waals surface area contributed by atoms with Crippen molar-refractivity contribution in [1.29, 1.82) is 0 Å². The summed E-state index contributed by atoms with van der Waals surface area (Å²) in [5.41, 5.74) is -0.189. The molecule has 1 atom stereocenters. The molecular weight excluding hydrogens is 368 g/mol. The van der Waals surface area contributed by atoms with Crippen molar-refractivity contribution >= 4 is 5.65 Å². The molecule has 0 aliphatic carbocycles. The van der Waals surface area contributed by atoms with Crippen molar-refractivity contribution in [2.24, 2.45) is 0 Å². The minimum Gasteiger partial charge on any atom is -0.466 e. The Hall–Kier alpha value is -2.92. The molecule has 0 aromatic carbocycles. The van der Waals surface area contributed by atoms with Crippen LogP contribution >= 0.6 is 0 Å². The largest absolute Gasteiger partial charge is 0.466 e. The van der Waals surface area contributed by atoms with Crippen LogP contribution in [0.15, 0.2) is 24.7 Å². The van der Waals surface area contributed by atoms with Crippen LogP contribution in [0.3, 0.4) is 0 Å². The number of hydrogen-bond acceptors (Lipinski definition) is 5. The van der Waals surface area contributed by atoms with E-state index in [0.717, 1.165) is 31.6 Å². The highest BCUT2D eigenvalue weighted by atomic mass is 19.4. The van der Waals surface area contributed by atoms with Gasteiger partial charge in [-0.05, 0) is 13.0 Å². The molecule has 3 rings (SSSR count). The Bertz CT molecular complexity index is 941. The van der Waals surface area contributed by atoms with Gasteiger partial charge in [0, 0.05) is 18.0 Å². The Kier molecular flexibility index (Phi) is 4.42. The van der Waals surface area contributed by atoms with E-state index in [1.54, 1.807) is 0 Å². The van der Waals surface area contributed by atoms with Crippen LogP contribution in [0.25, 0.3) is 16.9 Å². The molecule has 0 saturated carbocycles. The van der Waals surface area contributed by atoms with Gasteiger partial charge in [0.2, 0.25) is 5.82 Å². The van der Waals surface area contributed by atoms with Crippen molar-refractivity contribution < 1.29 is 31.1 Å². The van der Waals surface area contributed by atoms with Crippen molar-refractivity contribution in [2.75, 3.05) is 0 Å². The third kappa shape index (κ3) is 3.39. The van der Waals surface area contributed by atoms with Gasteiger partial charge in [0.25, 0.3) is 12.3 Å². The molecule has 0 saturated heterocycles. The van der Waals surface area contributed by atoms with E-state index in [-0.39, 0.29) is 16.9 Å². The maximum absolute atomic E-state index is 14.0. The number of nitrogens with zero attached hydrogens (tertiary/aromatic N) is 5. The highest BCUT2D eigenvalue weighted by Gasteiger charge is 2.37. The standard InChI is InChI=1S/C14H9F6N5O/c1-6(11(16)17)26-12-8(15)2-7(3-22-12)9-5-25-10(4-21-9)23-24-13(25)14(18,19)20/h2-6,11H,1H3. The van der Waals surface area contributed by atoms with Crippen LogP contribution in [0.5, 0.6) is 5.88 Å². The average molecular weight is 377 g/mol. The van der Waals surface area contributed by atoms with Gasteiger partial charge >= 0.3 is 6.18 Å². The van der Waals surface area contributed by atoms with Crippen molar-refractivity contribution in [3.8, 4) is 17.1 Å². The summed E-state index contributed by atoms with van der Waals surface area (Å²) in [6, 6.07) is 0.867. The minimum absolute atomic E-state index is 0.0169. The molecule has 0 spiro atoms. The summed E-state index contributed by atoms with van der Waals surface area (Å²) in [5.74, 6) is -2.98. The van der Waals surface area contributed by atoms with Crippen LogP contribution < -0.4 is 4.74 Å². The zero-order chi connectivity index (χ0) is 19.1. The molecule has 6 nitrogen and oxygen atoms in total. The van der Waals surface area contributed by atoms with E-state index in [4.69, 9.17) is 0 Å². The van der Waals surface area contributed by atoms with Gasteiger partial charge in [-0.2, -0.15) is 13.2 Å². The fourth-order valence-electron chi connectivity index (χ4n) is 2.02. The number of rotatable bonds is 4. The number of aromatic nitrogens is 5. The number of pyridine rings is 1. The molecule has 1 unspecified atom stereocenters. The molecule has 0 fully saturated rings. The smallest absolute Gasteiger partial charge is 0.452 e. The number of ether oxygens (including phenoxy) is 1. The first-order valence-electron chi connectivity index (χ1n) is 7.05. The Balaban J connectivity index is 1.97.